The lowest BCUT2D eigenvalue weighted by molar-refractivity contribution is 0.0931. The molecular formula is C14H23N3O. The number of hydrogen-bond donors (Lipinski definition) is 2. The zero-order valence-corrected chi connectivity index (χ0v) is 11.9. The molecule has 1 heterocycles. The van der Waals surface area contributed by atoms with Crippen molar-refractivity contribution in [2.45, 2.75) is 40.7 Å². The van der Waals surface area contributed by atoms with Gasteiger partial charge in [-0.25, -0.2) is 0 Å². The van der Waals surface area contributed by atoms with Crippen molar-refractivity contribution in [3.05, 3.63) is 23.5 Å². The van der Waals surface area contributed by atoms with Crippen LogP contribution in [0.15, 0.2) is 12.3 Å². The van der Waals surface area contributed by atoms with Crippen LogP contribution in [0, 0.1) is 12.8 Å². The van der Waals surface area contributed by atoms with E-state index in [9.17, 15) is 4.79 Å². The van der Waals surface area contributed by atoms with Crippen molar-refractivity contribution in [3.8, 4) is 0 Å². The minimum Gasteiger partial charge on any atom is -0.385 e. The van der Waals surface area contributed by atoms with Crippen LogP contribution in [0.3, 0.4) is 0 Å². The predicted octanol–water partition coefficient (Wildman–Crippen LogP) is 2.60. The molecule has 4 nitrogen and oxygen atoms in total. The fourth-order valence-corrected chi connectivity index (χ4v) is 1.53. The molecule has 100 valence electrons. The van der Waals surface area contributed by atoms with E-state index in [1.807, 2.05) is 26.8 Å². The van der Waals surface area contributed by atoms with E-state index in [0.29, 0.717) is 11.5 Å². The Morgan fingerprint density at radius 3 is 2.61 bits per heavy atom. The van der Waals surface area contributed by atoms with Gasteiger partial charge < -0.3 is 10.6 Å². The molecule has 0 spiro atoms. The van der Waals surface area contributed by atoms with Crippen molar-refractivity contribution in [3.63, 3.8) is 0 Å². The summed E-state index contributed by atoms with van der Waals surface area (Å²) in [7, 11) is 0. The van der Waals surface area contributed by atoms with Crippen LogP contribution in [0.2, 0.25) is 0 Å². The minimum atomic E-state index is -0.0698. The van der Waals surface area contributed by atoms with Gasteiger partial charge in [-0.1, -0.05) is 13.8 Å². The first-order chi connectivity index (χ1) is 8.45. The number of aryl methyl sites for hydroxylation is 1. The standard InChI is InChI=1S/C14H23N3O/c1-6-15-13-7-10(4)16-8-12(13)14(18)17-11(5)9(2)3/h7-9,11H,6H2,1-5H3,(H,15,16)(H,17,18). The highest BCUT2D eigenvalue weighted by molar-refractivity contribution is 5.99. The summed E-state index contributed by atoms with van der Waals surface area (Å²) in [4.78, 5) is 16.4. The van der Waals surface area contributed by atoms with Crippen LogP contribution in [0.25, 0.3) is 0 Å². The second-order valence-electron chi connectivity index (χ2n) is 4.91. The molecule has 18 heavy (non-hydrogen) atoms. The molecule has 0 aromatic carbocycles. The second-order valence-corrected chi connectivity index (χ2v) is 4.91. The third-order valence-electron chi connectivity index (χ3n) is 3.01. The molecule has 0 bridgehead atoms. The zero-order valence-electron chi connectivity index (χ0n) is 11.9. The van der Waals surface area contributed by atoms with Crippen LogP contribution in [0.5, 0.6) is 0 Å². The predicted molar refractivity (Wildman–Crippen MR) is 74.9 cm³/mol. The summed E-state index contributed by atoms with van der Waals surface area (Å²) in [6.45, 7) is 10.9. The molecule has 1 atom stereocenters. The number of aromatic nitrogens is 1. The van der Waals surface area contributed by atoms with Crippen molar-refractivity contribution < 1.29 is 4.79 Å². The van der Waals surface area contributed by atoms with Gasteiger partial charge in [0.2, 0.25) is 0 Å². The highest BCUT2D eigenvalue weighted by Gasteiger charge is 2.16. The van der Waals surface area contributed by atoms with Gasteiger partial charge in [-0.3, -0.25) is 9.78 Å². The Balaban J connectivity index is 2.91. The van der Waals surface area contributed by atoms with Gasteiger partial charge >= 0.3 is 0 Å². The lowest BCUT2D eigenvalue weighted by Gasteiger charge is -2.18. The number of nitrogens with one attached hydrogen (secondary N) is 2. The monoisotopic (exact) mass is 249 g/mol. The Morgan fingerprint density at radius 2 is 2.06 bits per heavy atom. The lowest BCUT2D eigenvalue weighted by Crippen LogP contribution is -2.36. The topological polar surface area (TPSA) is 54.0 Å². The Bertz CT molecular complexity index is 416. The average molecular weight is 249 g/mol. The maximum absolute atomic E-state index is 12.2. The highest BCUT2D eigenvalue weighted by atomic mass is 16.1. The molecule has 0 saturated heterocycles. The number of amides is 1. The highest BCUT2D eigenvalue weighted by Crippen LogP contribution is 2.16. The normalized spacial score (nSPS) is 12.3. The molecule has 0 fully saturated rings. The third-order valence-corrected chi connectivity index (χ3v) is 3.01. The molecule has 1 rings (SSSR count). The average Bonchev–Trinajstić information content (AvgIpc) is 2.29. The largest absolute Gasteiger partial charge is 0.385 e. The van der Waals surface area contributed by atoms with Crippen LogP contribution in [-0.2, 0) is 0 Å². The first-order valence-electron chi connectivity index (χ1n) is 6.47. The van der Waals surface area contributed by atoms with Crippen LogP contribution in [0.4, 0.5) is 5.69 Å². The molecule has 0 aliphatic heterocycles. The Morgan fingerprint density at radius 1 is 1.39 bits per heavy atom. The lowest BCUT2D eigenvalue weighted by atomic mass is 10.1. The van der Waals surface area contributed by atoms with Gasteiger partial charge in [0.25, 0.3) is 5.91 Å². The second kappa shape index (κ2) is 6.38. The van der Waals surface area contributed by atoms with E-state index in [-0.39, 0.29) is 11.9 Å². The summed E-state index contributed by atoms with van der Waals surface area (Å²) in [5.74, 6) is 0.342. The van der Waals surface area contributed by atoms with E-state index >= 15 is 0 Å². The summed E-state index contributed by atoms with van der Waals surface area (Å²) >= 11 is 0. The fraction of sp³-hybridized carbons (Fsp3) is 0.571. The smallest absolute Gasteiger partial charge is 0.255 e. The first-order valence-corrected chi connectivity index (χ1v) is 6.47. The van der Waals surface area contributed by atoms with Crippen molar-refractivity contribution in [1.29, 1.82) is 0 Å². The van der Waals surface area contributed by atoms with Crippen molar-refractivity contribution >= 4 is 11.6 Å². The Labute approximate surface area is 109 Å². The molecule has 0 saturated carbocycles. The Hall–Kier alpha value is -1.58. The van der Waals surface area contributed by atoms with Gasteiger partial charge in [0.15, 0.2) is 0 Å². The molecular weight excluding hydrogens is 226 g/mol. The quantitative estimate of drug-likeness (QED) is 0.843. The molecule has 1 unspecified atom stereocenters. The molecule has 0 aliphatic carbocycles. The summed E-state index contributed by atoms with van der Waals surface area (Å²) in [6.07, 6.45) is 1.63. The van der Waals surface area contributed by atoms with Crippen LogP contribution in [0.1, 0.15) is 43.7 Å². The summed E-state index contributed by atoms with van der Waals surface area (Å²) in [5.41, 5.74) is 2.35. The zero-order chi connectivity index (χ0) is 13.7. The molecule has 2 N–H and O–H groups in total. The summed E-state index contributed by atoms with van der Waals surface area (Å²) in [5, 5.41) is 6.19. The fourth-order valence-electron chi connectivity index (χ4n) is 1.53. The molecule has 0 aliphatic rings. The van der Waals surface area contributed by atoms with E-state index in [1.54, 1.807) is 6.20 Å². The molecule has 1 amide bonds. The number of carbonyl (C=O) groups is 1. The van der Waals surface area contributed by atoms with Gasteiger partial charge in [-0.05, 0) is 32.8 Å². The number of hydrogen-bond acceptors (Lipinski definition) is 3. The van der Waals surface area contributed by atoms with Crippen LogP contribution < -0.4 is 10.6 Å². The van der Waals surface area contributed by atoms with E-state index in [0.717, 1.165) is 17.9 Å². The number of rotatable bonds is 5. The van der Waals surface area contributed by atoms with Crippen molar-refractivity contribution in [1.82, 2.24) is 10.3 Å². The van der Waals surface area contributed by atoms with Crippen molar-refractivity contribution in [2.24, 2.45) is 5.92 Å². The van der Waals surface area contributed by atoms with E-state index in [2.05, 4.69) is 29.5 Å². The summed E-state index contributed by atoms with van der Waals surface area (Å²) in [6, 6.07) is 2.05. The van der Waals surface area contributed by atoms with E-state index in [4.69, 9.17) is 0 Å². The van der Waals surface area contributed by atoms with Gasteiger partial charge in [-0.2, -0.15) is 0 Å². The molecule has 1 aromatic rings. The molecule has 1 aromatic heterocycles. The number of anilines is 1. The number of pyridine rings is 1. The van der Waals surface area contributed by atoms with Gasteiger partial charge in [0, 0.05) is 24.5 Å². The van der Waals surface area contributed by atoms with Crippen molar-refractivity contribution in [2.75, 3.05) is 11.9 Å². The van der Waals surface area contributed by atoms with Gasteiger partial charge in [-0.15, -0.1) is 0 Å². The molecule has 4 heteroatoms. The SMILES string of the molecule is CCNc1cc(C)ncc1C(=O)NC(C)C(C)C. The third kappa shape index (κ3) is 3.72. The summed E-state index contributed by atoms with van der Waals surface area (Å²) < 4.78 is 0. The van der Waals surface area contributed by atoms with Crippen LogP contribution in [-0.4, -0.2) is 23.5 Å². The maximum Gasteiger partial charge on any atom is 0.255 e. The molecule has 0 radical (unpaired) electrons. The van der Waals surface area contributed by atoms with Gasteiger partial charge in [0.05, 0.1) is 11.3 Å². The minimum absolute atomic E-state index is 0.0698. The van der Waals surface area contributed by atoms with E-state index < -0.39 is 0 Å². The first kappa shape index (κ1) is 14.5. The van der Waals surface area contributed by atoms with Gasteiger partial charge in [0.1, 0.15) is 0 Å². The maximum atomic E-state index is 12.2. The van der Waals surface area contributed by atoms with E-state index in [1.165, 1.54) is 0 Å². The number of carbonyl (C=O) groups excluding carboxylic acids is 1. The number of nitrogens with zero attached hydrogens (tertiary/aromatic N) is 1. The van der Waals surface area contributed by atoms with Crippen LogP contribution >= 0.6 is 0 Å². The Kier molecular flexibility index (Phi) is 5.13.